The Morgan fingerprint density at radius 2 is 2.05 bits per heavy atom. The summed E-state index contributed by atoms with van der Waals surface area (Å²) in [6, 6.07) is 3.51. The number of hydrogen-bond acceptors (Lipinski definition) is 3. The van der Waals surface area contributed by atoms with Crippen LogP contribution in [0, 0.1) is 19.8 Å². The highest BCUT2D eigenvalue weighted by Crippen LogP contribution is 2.09. The van der Waals surface area contributed by atoms with Gasteiger partial charge in [-0.1, -0.05) is 6.92 Å². The van der Waals surface area contributed by atoms with Gasteiger partial charge in [-0.25, -0.2) is 9.78 Å². The summed E-state index contributed by atoms with van der Waals surface area (Å²) in [6.07, 6.45) is 0.322. The van der Waals surface area contributed by atoms with Crippen LogP contribution in [0.4, 0.5) is 10.6 Å². The lowest BCUT2D eigenvalue weighted by Crippen LogP contribution is -2.33. The average molecular weight is 265 g/mol. The van der Waals surface area contributed by atoms with Crippen LogP contribution in [0.15, 0.2) is 12.1 Å². The van der Waals surface area contributed by atoms with E-state index < -0.39 is 0 Å². The molecule has 19 heavy (non-hydrogen) atoms. The van der Waals surface area contributed by atoms with Crippen LogP contribution in [-0.2, 0) is 0 Å². The van der Waals surface area contributed by atoms with Crippen LogP contribution in [-0.4, -0.2) is 28.8 Å². The van der Waals surface area contributed by atoms with E-state index in [0.29, 0.717) is 18.8 Å². The molecule has 0 radical (unpaired) electrons. The number of aliphatic hydroxyl groups excluding tert-OH is 1. The molecule has 0 aliphatic carbocycles. The summed E-state index contributed by atoms with van der Waals surface area (Å²) in [4.78, 5) is 15.9. The first-order valence-corrected chi connectivity index (χ1v) is 6.55. The monoisotopic (exact) mass is 265 g/mol. The van der Waals surface area contributed by atoms with Crippen molar-refractivity contribution in [3.05, 3.63) is 23.4 Å². The zero-order valence-corrected chi connectivity index (χ0v) is 12.0. The van der Waals surface area contributed by atoms with Crippen molar-refractivity contribution in [1.29, 1.82) is 0 Å². The molecule has 1 aromatic heterocycles. The van der Waals surface area contributed by atoms with Crippen LogP contribution in [0.2, 0.25) is 0 Å². The number of nitrogens with one attached hydrogen (secondary N) is 2. The maximum Gasteiger partial charge on any atom is 0.320 e. The summed E-state index contributed by atoms with van der Waals surface area (Å²) in [7, 11) is 0. The van der Waals surface area contributed by atoms with E-state index >= 15 is 0 Å². The van der Waals surface area contributed by atoms with Gasteiger partial charge in [0.05, 0.1) is 6.10 Å². The topological polar surface area (TPSA) is 74.2 Å². The average Bonchev–Trinajstić information content (AvgIpc) is 2.23. The number of carbonyl (C=O) groups is 1. The summed E-state index contributed by atoms with van der Waals surface area (Å²) in [5.74, 6) is 0.788. The van der Waals surface area contributed by atoms with Gasteiger partial charge in [0.1, 0.15) is 5.82 Å². The highest BCUT2D eigenvalue weighted by molar-refractivity contribution is 5.88. The van der Waals surface area contributed by atoms with Crippen molar-refractivity contribution in [3.8, 4) is 0 Å². The summed E-state index contributed by atoms with van der Waals surface area (Å²) in [5.41, 5.74) is 1.93. The SMILES string of the molecule is Cc1cc(C)nc(NC(=O)NC[C@H](C)C[C@H](C)O)c1. The summed E-state index contributed by atoms with van der Waals surface area (Å²) < 4.78 is 0. The molecule has 5 heteroatoms. The van der Waals surface area contributed by atoms with E-state index in [1.54, 1.807) is 6.92 Å². The normalized spacial score (nSPS) is 13.7. The molecule has 0 fully saturated rings. The highest BCUT2D eigenvalue weighted by Gasteiger charge is 2.09. The van der Waals surface area contributed by atoms with Crippen LogP contribution in [0.25, 0.3) is 0 Å². The molecular formula is C14H23N3O2. The van der Waals surface area contributed by atoms with Gasteiger partial charge in [0.2, 0.25) is 0 Å². The molecule has 0 saturated heterocycles. The summed E-state index contributed by atoms with van der Waals surface area (Å²) in [6.45, 7) is 8.11. The van der Waals surface area contributed by atoms with E-state index in [-0.39, 0.29) is 18.1 Å². The number of pyridine rings is 1. The molecule has 0 aliphatic heterocycles. The van der Waals surface area contributed by atoms with E-state index in [0.717, 1.165) is 11.3 Å². The Kier molecular flexibility index (Phi) is 5.76. The number of anilines is 1. The van der Waals surface area contributed by atoms with Gasteiger partial charge < -0.3 is 10.4 Å². The first kappa shape index (κ1) is 15.4. The second kappa shape index (κ2) is 7.09. The minimum absolute atomic E-state index is 0.234. The van der Waals surface area contributed by atoms with Crippen LogP contribution in [0.1, 0.15) is 31.5 Å². The standard InChI is InChI=1S/C14H23N3O2/c1-9-5-11(3)16-13(7-9)17-14(19)15-8-10(2)6-12(4)18/h5,7,10,12,18H,6,8H2,1-4H3,(H2,15,16,17,19)/t10-,12+/m1/s1. The van der Waals surface area contributed by atoms with Gasteiger partial charge in [-0.05, 0) is 50.8 Å². The molecule has 0 aliphatic rings. The fourth-order valence-corrected chi connectivity index (χ4v) is 2.00. The minimum Gasteiger partial charge on any atom is -0.393 e. The fraction of sp³-hybridized carbons (Fsp3) is 0.571. The summed E-state index contributed by atoms with van der Waals surface area (Å²) in [5, 5.41) is 14.7. The van der Waals surface area contributed by atoms with E-state index in [9.17, 15) is 9.90 Å². The molecule has 0 bridgehead atoms. The Morgan fingerprint density at radius 3 is 2.63 bits per heavy atom. The first-order valence-electron chi connectivity index (χ1n) is 6.55. The number of nitrogens with zero attached hydrogens (tertiary/aromatic N) is 1. The number of rotatable bonds is 5. The number of urea groups is 1. The Morgan fingerprint density at radius 1 is 1.37 bits per heavy atom. The number of aryl methyl sites for hydroxylation is 2. The molecule has 0 spiro atoms. The molecule has 1 heterocycles. The van der Waals surface area contributed by atoms with E-state index in [4.69, 9.17) is 0 Å². The molecule has 1 aromatic rings. The van der Waals surface area contributed by atoms with Gasteiger partial charge in [-0.3, -0.25) is 5.32 Å². The zero-order valence-electron chi connectivity index (χ0n) is 12.0. The number of amides is 2. The third kappa shape index (κ3) is 6.20. The molecule has 106 valence electrons. The van der Waals surface area contributed by atoms with Gasteiger partial charge in [-0.15, -0.1) is 0 Å². The number of carbonyl (C=O) groups excluding carboxylic acids is 1. The van der Waals surface area contributed by atoms with Gasteiger partial charge in [0, 0.05) is 12.2 Å². The minimum atomic E-state index is -0.346. The molecular weight excluding hydrogens is 242 g/mol. The smallest absolute Gasteiger partial charge is 0.320 e. The fourth-order valence-electron chi connectivity index (χ4n) is 2.00. The number of aliphatic hydroxyl groups is 1. The predicted octanol–water partition coefficient (Wildman–Crippen LogP) is 2.23. The van der Waals surface area contributed by atoms with E-state index in [1.807, 2.05) is 32.9 Å². The lowest BCUT2D eigenvalue weighted by Gasteiger charge is -2.14. The Hall–Kier alpha value is -1.62. The van der Waals surface area contributed by atoms with Crippen LogP contribution < -0.4 is 10.6 Å². The molecule has 2 atom stereocenters. The van der Waals surface area contributed by atoms with Crippen molar-refractivity contribution in [2.24, 2.45) is 5.92 Å². The Labute approximate surface area is 114 Å². The maximum atomic E-state index is 11.7. The van der Waals surface area contributed by atoms with Crippen molar-refractivity contribution in [2.75, 3.05) is 11.9 Å². The maximum absolute atomic E-state index is 11.7. The molecule has 2 amide bonds. The van der Waals surface area contributed by atoms with Crippen molar-refractivity contribution < 1.29 is 9.90 Å². The van der Waals surface area contributed by atoms with Gasteiger partial charge in [-0.2, -0.15) is 0 Å². The second-order valence-electron chi connectivity index (χ2n) is 5.20. The van der Waals surface area contributed by atoms with Crippen molar-refractivity contribution in [2.45, 2.75) is 40.2 Å². The van der Waals surface area contributed by atoms with Crippen LogP contribution in [0.3, 0.4) is 0 Å². The van der Waals surface area contributed by atoms with Crippen LogP contribution >= 0.6 is 0 Å². The van der Waals surface area contributed by atoms with Gasteiger partial charge in [0.25, 0.3) is 0 Å². The number of hydrogen-bond donors (Lipinski definition) is 3. The van der Waals surface area contributed by atoms with Crippen molar-refractivity contribution in [3.63, 3.8) is 0 Å². The van der Waals surface area contributed by atoms with E-state index in [2.05, 4.69) is 15.6 Å². The van der Waals surface area contributed by atoms with Crippen molar-refractivity contribution >= 4 is 11.8 Å². The largest absolute Gasteiger partial charge is 0.393 e. The third-order valence-electron chi connectivity index (χ3n) is 2.69. The third-order valence-corrected chi connectivity index (χ3v) is 2.69. The van der Waals surface area contributed by atoms with Crippen molar-refractivity contribution in [1.82, 2.24) is 10.3 Å². The number of aromatic nitrogens is 1. The van der Waals surface area contributed by atoms with Gasteiger partial charge >= 0.3 is 6.03 Å². The molecule has 0 aromatic carbocycles. The quantitative estimate of drug-likeness (QED) is 0.764. The lowest BCUT2D eigenvalue weighted by molar-refractivity contribution is 0.163. The molecule has 0 saturated carbocycles. The second-order valence-corrected chi connectivity index (χ2v) is 5.20. The Balaban J connectivity index is 2.42. The summed E-state index contributed by atoms with van der Waals surface area (Å²) >= 11 is 0. The molecule has 5 nitrogen and oxygen atoms in total. The molecule has 0 unspecified atom stereocenters. The van der Waals surface area contributed by atoms with Crippen LogP contribution in [0.5, 0.6) is 0 Å². The highest BCUT2D eigenvalue weighted by atomic mass is 16.3. The zero-order chi connectivity index (χ0) is 14.4. The first-order chi connectivity index (χ1) is 8.86. The Bertz CT molecular complexity index is 412. The van der Waals surface area contributed by atoms with E-state index in [1.165, 1.54) is 0 Å². The van der Waals surface area contributed by atoms with Gasteiger partial charge in [0.15, 0.2) is 0 Å². The molecule has 3 N–H and O–H groups in total. The lowest BCUT2D eigenvalue weighted by atomic mass is 10.1. The predicted molar refractivity (Wildman–Crippen MR) is 76.2 cm³/mol. The molecule has 1 rings (SSSR count).